The van der Waals surface area contributed by atoms with Crippen molar-refractivity contribution < 1.29 is 10.2 Å². The van der Waals surface area contributed by atoms with Gasteiger partial charge in [-0.1, -0.05) is 6.07 Å². The summed E-state index contributed by atoms with van der Waals surface area (Å²) in [5.74, 6) is 0.945. The molecule has 12 heavy (non-hydrogen) atoms. The fourth-order valence-corrected chi connectivity index (χ4v) is 1.38. The van der Waals surface area contributed by atoms with Crippen LogP contribution in [0.4, 0.5) is 0 Å². The summed E-state index contributed by atoms with van der Waals surface area (Å²) in [5.41, 5.74) is 1.06. The minimum absolute atomic E-state index is 0.0337. The minimum Gasteiger partial charge on any atom is -0.504 e. The number of rotatable bonds is 3. The van der Waals surface area contributed by atoms with Crippen LogP contribution >= 0.6 is 11.8 Å². The van der Waals surface area contributed by atoms with Crippen LogP contribution in [0.3, 0.4) is 0 Å². The van der Waals surface area contributed by atoms with Crippen LogP contribution < -0.4 is 0 Å². The molecule has 0 aliphatic heterocycles. The normalized spacial score (nSPS) is 10.1. The summed E-state index contributed by atoms with van der Waals surface area (Å²) in [5, 5.41) is 18.2. The molecule has 0 saturated carbocycles. The molecule has 0 radical (unpaired) electrons. The van der Waals surface area contributed by atoms with E-state index < -0.39 is 0 Å². The first kappa shape index (κ1) is 9.26. The van der Waals surface area contributed by atoms with E-state index in [-0.39, 0.29) is 11.5 Å². The van der Waals surface area contributed by atoms with E-state index in [9.17, 15) is 0 Å². The lowest BCUT2D eigenvalue weighted by molar-refractivity contribution is 0.403. The van der Waals surface area contributed by atoms with E-state index in [2.05, 4.69) is 0 Å². The smallest absolute Gasteiger partial charge is 0.157 e. The minimum atomic E-state index is -0.0529. The summed E-state index contributed by atoms with van der Waals surface area (Å²) in [6.07, 6.45) is 2.97. The van der Waals surface area contributed by atoms with Crippen LogP contribution in [0.5, 0.6) is 11.5 Å². The Kier molecular flexibility index (Phi) is 3.29. The molecule has 0 bridgehead atoms. The summed E-state index contributed by atoms with van der Waals surface area (Å²) >= 11 is 1.76. The van der Waals surface area contributed by atoms with E-state index >= 15 is 0 Å². The van der Waals surface area contributed by atoms with Crippen molar-refractivity contribution in [1.29, 1.82) is 0 Å². The molecule has 2 N–H and O–H groups in total. The zero-order valence-corrected chi connectivity index (χ0v) is 7.77. The standard InChI is InChI=1S/C9H12O2S/c1-12-5-4-7-2-3-8(10)9(11)6-7/h2-3,6,10-11H,4-5H2,1H3. The zero-order chi connectivity index (χ0) is 8.97. The number of aryl methyl sites for hydroxylation is 1. The van der Waals surface area contributed by atoms with Crippen LogP contribution in [0.25, 0.3) is 0 Å². The Hall–Kier alpha value is -0.830. The molecule has 66 valence electrons. The highest BCUT2D eigenvalue weighted by Crippen LogP contribution is 2.25. The molecule has 1 rings (SSSR count). The first-order valence-corrected chi connectivity index (χ1v) is 5.13. The van der Waals surface area contributed by atoms with Crippen molar-refractivity contribution in [2.75, 3.05) is 12.0 Å². The van der Waals surface area contributed by atoms with Crippen molar-refractivity contribution in [3.63, 3.8) is 0 Å². The van der Waals surface area contributed by atoms with Crippen molar-refractivity contribution in [3.05, 3.63) is 23.8 Å². The van der Waals surface area contributed by atoms with E-state index in [4.69, 9.17) is 10.2 Å². The van der Waals surface area contributed by atoms with Crippen molar-refractivity contribution in [2.24, 2.45) is 0 Å². The second-order valence-electron chi connectivity index (χ2n) is 2.57. The predicted octanol–water partition coefficient (Wildman–Crippen LogP) is 2.00. The highest BCUT2D eigenvalue weighted by atomic mass is 32.2. The van der Waals surface area contributed by atoms with E-state index in [0.29, 0.717) is 0 Å². The van der Waals surface area contributed by atoms with Gasteiger partial charge in [-0.25, -0.2) is 0 Å². The van der Waals surface area contributed by atoms with Crippen molar-refractivity contribution in [1.82, 2.24) is 0 Å². The number of thioether (sulfide) groups is 1. The van der Waals surface area contributed by atoms with Gasteiger partial charge >= 0.3 is 0 Å². The molecule has 3 heteroatoms. The third-order valence-corrected chi connectivity index (χ3v) is 2.25. The third-order valence-electron chi connectivity index (χ3n) is 1.63. The molecule has 0 aliphatic rings. The Labute approximate surface area is 76.2 Å². The van der Waals surface area contributed by atoms with E-state index in [1.807, 2.05) is 12.3 Å². The molecule has 0 fully saturated rings. The summed E-state index contributed by atoms with van der Waals surface area (Å²) in [7, 11) is 0. The molecule has 0 unspecified atom stereocenters. The number of phenolic OH excluding ortho intramolecular Hbond substituents is 2. The van der Waals surface area contributed by atoms with Gasteiger partial charge in [0.05, 0.1) is 0 Å². The second-order valence-corrected chi connectivity index (χ2v) is 3.55. The van der Waals surface area contributed by atoms with Crippen LogP contribution in [0, 0.1) is 0 Å². The third kappa shape index (κ3) is 2.34. The molecule has 0 aliphatic carbocycles. The van der Waals surface area contributed by atoms with Crippen molar-refractivity contribution in [2.45, 2.75) is 6.42 Å². The Bertz CT molecular complexity index is 261. The van der Waals surface area contributed by atoms with Gasteiger partial charge in [0.1, 0.15) is 0 Å². The summed E-state index contributed by atoms with van der Waals surface area (Å²) < 4.78 is 0. The van der Waals surface area contributed by atoms with Crippen LogP contribution in [0.1, 0.15) is 5.56 Å². The molecule has 0 saturated heterocycles. The van der Waals surface area contributed by atoms with Crippen LogP contribution in [0.2, 0.25) is 0 Å². The van der Waals surface area contributed by atoms with Gasteiger partial charge in [-0.2, -0.15) is 11.8 Å². The Morgan fingerprint density at radius 3 is 2.58 bits per heavy atom. The van der Waals surface area contributed by atoms with Crippen molar-refractivity contribution in [3.8, 4) is 11.5 Å². The summed E-state index contributed by atoms with van der Waals surface area (Å²) in [6, 6.07) is 4.95. The van der Waals surface area contributed by atoms with Gasteiger partial charge in [0.25, 0.3) is 0 Å². The molecular weight excluding hydrogens is 172 g/mol. The number of hydrogen-bond donors (Lipinski definition) is 2. The first-order valence-electron chi connectivity index (χ1n) is 3.74. The largest absolute Gasteiger partial charge is 0.504 e. The van der Waals surface area contributed by atoms with Crippen LogP contribution in [-0.2, 0) is 6.42 Å². The number of hydrogen-bond acceptors (Lipinski definition) is 3. The van der Waals surface area contributed by atoms with E-state index in [0.717, 1.165) is 17.7 Å². The number of aromatic hydroxyl groups is 2. The van der Waals surface area contributed by atoms with Gasteiger partial charge < -0.3 is 10.2 Å². The highest BCUT2D eigenvalue weighted by molar-refractivity contribution is 7.98. The van der Waals surface area contributed by atoms with Gasteiger partial charge in [0.2, 0.25) is 0 Å². The Morgan fingerprint density at radius 1 is 1.25 bits per heavy atom. The maximum atomic E-state index is 9.14. The highest BCUT2D eigenvalue weighted by Gasteiger charge is 1.99. The maximum Gasteiger partial charge on any atom is 0.157 e. The molecule has 1 aromatic carbocycles. The zero-order valence-electron chi connectivity index (χ0n) is 6.95. The SMILES string of the molecule is CSCCc1ccc(O)c(O)c1. The van der Waals surface area contributed by atoms with E-state index in [1.54, 1.807) is 17.8 Å². The lowest BCUT2D eigenvalue weighted by Crippen LogP contribution is -1.86. The number of phenols is 2. The summed E-state index contributed by atoms with van der Waals surface area (Å²) in [6.45, 7) is 0. The molecule has 1 aromatic rings. The summed E-state index contributed by atoms with van der Waals surface area (Å²) in [4.78, 5) is 0. The Morgan fingerprint density at radius 2 is 2.00 bits per heavy atom. The lowest BCUT2D eigenvalue weighted by atomic mass is 10.1. The number of benzene rings is 1. The van der Waals surface area contributed by atoms with Gasteiger partial charge in [0, 0.05) is 0 Å². The molecule has 0 spiro atoms. The quantitative estimate of drug-likeness (QED) is 0.706. The molecular formula is C9H12O2S. The molecule has 0 aromatic heterocycles. The molecule has 0 atom stereocenters. The lowest BCUT2D eigenvalue weighted by Gasteiger charge is -2.01. The topological polar surface area (TPSA) is 40.5 Å². The molecule has 2 nitrogen and oxygen atoms in total. The van der Waals surface area contributed by atoms with Gasteiger partial charge in [-0.05, 0) is 36.1 Å². The monoisotopic (exact) mass is 184 g/mol. The molecule has 0 heterocycles. The average Bonchev–Trinajstić information content (AvgIpc) is 2.07. The predicted molar refractivity (Wildman–Crippen MR) is 51.9 cm³/mol. The Balaban J connectivity index is 2.69. The van der Waals surface area contributed by atoms with Crippen LogP contribution in [0.15, 0.2) is 18.2 Å². The van der Waals surface area contributed by atoms with Gasteiger partial charge in [0.15, 0.2) is 11.5 Å². The van der Waals surface area contributed by atoms with Crippen LogP contribution in [-0.4, -0.2) is 22.2 Å². The average molecular weight is 184 g/mol. The fraction of sp³-hybridized carbons (Fsp3) is 0.333. The second kappa shape index (κ2) is 4.26. The molecule has 0 amide bonds. The van der Waals surface area contributed by atoms with Gasteiger partial charge in [-0.15, -0.1) is 0 Å². The van der Waals surface area contributed by atoms with E-state index in [1.165, 1.54) is 6.07 Å². The maximum absolute atomic E-state index is 9.14. The first-order chi connectivity index (χ1) is 5.74. The fourth-order valence-electron chi connectivity index (χ4n) is 0.944. The van der Waals surface area contributed by atoms with Crippen molar-refractivity contribution >= 4 is 11.8 Å². The van der Waals surface area contributed by atoms with Gasteiger partial charge in [-0.3, -0.25) is 0 Å².